The second-order valence-corrected chi connectivity index (χ2v) is 5.32. The van der Waals surface area contributed by atoms with Crippen molar-refractivity contribution in [3.63, 3.8) is 0 Å². The van der Waals surface area contributed by atoms with Crippen LogP contribution in [-0.4, -0.2) is 9.78 Å². The Hall–Kier alpha value is -1.98. The number of halogens is 3. The van der Waals surface area contributed by atoms with Gasteiger partial charge >= 0.3 is 0 Å². The van der Waals surface area contributed by atoms with E-state index in [2.05, 4.69) is 10.4 Å². The van der Waals surface area contributed by atoms with Gasteiger partial charge in [0.1, 0.15) is 11.5 Å². The molecule has 0 radical (unpaired) electrons. The van der Waals surface area contributed by atoms with E-state index in [1.165, 1.54) is 12.8 Å². The molecule has 0 bridgehead atoms. The molecule has 112 valence electrons. The van der Waals surface area contributed by atoms with Gasteiger partial charge in [-0.05, 0) is 18.9 Å². The second-order valence-electron chi connectivity index (χ2n) is 5.32. The van der Waals surface area contributed by atoms with Crippen LogP contribution in [0.1, 0.15) is 37.4 Å². The zero-order valence-corrected chi connectivity index (χ0v) is 11.5. The summed E-state index contributed by atoms with van der Waals surface area (Å²) in [4.78, 5) is 0. The first-order chi connectivity index (χ1) is 10.1. The van der Waals surface area contributed by atoms with Crippen LogP contribution in [0.2, 0.25) is 0 Å². The van der Waals surface area contributed by atoms with Crippen molar-refractivity contribution in [3.8, 4) is 0 Å². The molecule has 2 aromatic rings. The molecular formula is C15H16F3N3. The predicted octanol–water partition coefficient (Wildman–Crippen LogP) is 4.03. The summed E-state index contributed by atoms with van der Waals surface area (Å²) in [5.41, 5.74) is 0.372. The third-order valence-electron chi connectivity index (χ3n) is 3.82. The van der Waals surface area contributed by atoms with Gasteiger partial charge in [0.2, 0.25) is 0 Å². The Balaban J connectivity index is 1.68. The molecule has 1 aromatic carbocycles. The Morgan fingerprint density at radius 1 is 1.14 bits per heavy atom. The van der Waals surface area contributed by atoms with Crippen molar-refractivity contribution in [2.45, 2.75) is 38.3 Å². The molecule has 1 heterocycles. The topological polar surface area (TPSA) is 29.9 Å². The third-order valence-corrected chi connectivity index (χ3v) is 3.82. The van der Waals surface area contributed by atoms with Crippen LogP contribution in [0.5, 0.6) is 0 Å². The lowest BCUT2D eigenvalue weighted by Gasteiger charge is -2.10. The Morgan fingerprint density at radius 3 is 2.48 bits per heavy atom. The molecule has 21 heavy (non-hydrogen) atoms. The van der Waals surface area contributed by atoms with Crippen LogP contribution in [0.3, 0.4) is 0 Å². The summed E-state index contributed by atoms with van der Waals surface area (Å²) in [6.45, 7) is 0.194. The maximum absolute atomic E-state index is 13.5. The highest BCUT2D eigenvalue weighted by molar-refractivity contribution is 5.46. The van der Waals surface area contributed by atoms with Gasteiger partial charge in [0, 0.05) is 18.3 Å². The van der Waals surface area contributed by atoms with E-state index in [1.807, 2.05) is 16.9 Å². The minimum Gasteiger partial charge on any atom is -0.375 e. The number of anilines is 1. The number of nitrogens with one attached hydrogen (secondary N) is 1. The van der Waals surface area contributed by atoms with E-state index >= 15 is 0 Å². The molecule has 0 saturated heterocycles. The third kappa shape index (κ3) is 3.04. The largest absolute Gasteiger partial charge is 0.375 e. The van der Waals surface area contributed by atoms with Gasteiger partial charge in [-0.3, -0.25) is 4.68 Å². The fourth-order valence-electron chi connectivity index (χ4n) is 2.73. The van der Waals surface area contributed by atoms with Gasteiger partial charge in [-0.15, -0.1) is 0 Å². The van der Waals surface area contributed by atoms with E-state index in [0.29, 0.717) is 23.9 Å². The molecule has 1 aliphatic rings. The second kappa shape index (κ2) is 5.79. The number of hydrogen-bond donors (Lipinski definition) is 1. The number of nitrogens with zero attached hydrogens (tertiary/aromatic N) is 2. The van der Waals surface area contributed by atoms with Gasteiger partial charge in [-0.2, -0.15) is 5.10 Å². The SMILES string of the molecule is Fc1cc(F)c(NCc2ccn(C3CCCC3)n2)c(F)c1. The van der Waals surface area contributed by atoms with Crippen molar-refractivity contribution in [1.82, 2.24) is 9.78 Å². The van der Waals surface area contributed by atoms with E-state index in [4.69, 9.17) is 0 Å². The van der Waals surface area contributed by atoms with Crippen molar-refractivity contribution >= 4 is 5.69 Å². The zero-order valence-electron chi connectivity index (χ0n) is 11.5. The van der Waals surface area contributed by atoms with Gasteiger partial charge < -0.3 is 5.32 Å². The van der Waals surface area contributed by atoms with Crippen LogP contribution in [0.4, 0.5) is 18.9 Å². The molecule has 1 N–H and O–H groups in total. The van der Waals surface area contributed by atoms with Gasteiger partial charge in [0.25, 0.3) is 0 Å². The average molecular weight is 295 g/mol. The molecule has 1 fully saturated rings. The van der Waals surface area contributed by atoms with Crippen LogP contribution >= 0.6 is 0 Å². The fraction of sp³-hybridized carbons (Fsp3) is 0.400. The molecule has 1 saturated carbocycles. The zero-order chi connectivity index (χ0) is 14.8. The predicted molar refractivity (Wildman–Crippen MR) is 73.4 cm³/mol. The monoisotopic (exact) mass is 295 g/mol. The number of aromatic nitrogens is 2. The maximum Gasteiger partial charge on any atom is 0.152 e. The van der Waals surface area contributed by atoms with Gasteiger partial charge in [-0.25, -0.2) is 13.2 Å². The van der Waals surface area contributed by atoms with Crippen molar-refractivity contribution in [2.24, 2.45) is 0 Å². The lowest BCUT2D eigenvalue weighted by atomic mass is 10.2. The lowest BCUT2D eigenvalue weighted by molar-refractivity contribution is 0.463. The summed E-state index contributed by atoms with van der Waals surface area (Å²) in [5, 5.41) is 7.06. The molecule has 1 aliphatic carbocycles. The molecule has 0 aliphatic heterocycles. The molecule has 3 rings (SSSR count). The first kappa shape index (κ1) is 14.0. The van der Waals surface area contributed by atoms with E-state index in [1.54, 1.807) is 0 Å². The van der Waals surface area contributed by atoms with E-state index in [-0.39, 0.29) is 12.2 Å². The summed E-state index contributed by atoms with van der Waals surface area (Å²) in [5.74, 6) is -2.81. The molecule has 6 heteroatoms. The van der Waals surface area contributed by atoms with Crippen LogP contribution in [0.15, 0.2) is 24.4 Å². The Kier molecular flexibility index (Phi) is 3.86. The first-order valence-electron chi connectivity index (χ1n) is 7.06. The lowest BCUT2D eigenvalue weighted by Crippen LogP contribution is -2.08. The fourth-order valence-corrected chi connectivity index (χ4v) is 2.73. The van der Waals surface area contributed by atoms with Crippen molar-refractivity contribution in [2.75, 3.05) is 5.32 Å². The molecular weight excluding hydrogens is 279 g/mol. The van der Waals surface area contributed by atoms with Crippen LogP contribution in [0, 0.1) is 17.5 Å². The standard InChI is InChI=1S/C15H16F3N3/c16-10-7-13(17)15(14(18)8-10)19-9-11-5-6-21(20-11)12-3-1-2-4-12/h5-8,12,19H,1-4,9H2. The molecule has 0 unspecified atom stereocenters. The highest BCUT2D eigenvalue weighted by Gasteiger charge is 2.17. The smallest absolute Gasteiger partial charge is 0.152 e. The van der Waals surface area contributed by atoms with Gasteiger partial charge in [0.15, 0.2) is 11.6 Å². The molecule has 0 spiro atoms. The maximum atomic E-state index is 13.5. The van der Waals surface area contributed by atoms with Crippen molar-refractivity contribution in [1.29, 1.82) is 0 Å². The highest BCUT2D eigenvalue weighted by Crippen LogP contribution is 2.28. The number of rotatable bonds is 4. The number of hydrogen-bond acceptors (Lipinski definition) is 2. The minimum absolute atomic E-state index is 0.194. The molecule has 0 atom stereocenters. The van der Waals surface area contributed by atoms with Crippen molar-refractivity contribution in [3.05, 3.63) is 47.5 Å². The summed E-state index contributed by atoms with van der Waals surface area (Å²) < 4.78 is 41.7. The molecule has 1 aromatic heterocycles. The average Bonchev–Trinajstić information content (AvgIpc) is 3.08. The Morgan fingerprint density at radius 2 is 1.81 bits per heavy atom. The molecule has 0 amide bonds. The minimum atomic E-state index is -0.942. The van der Waals surface area contributed by atoms with Gasteiger partial charge in [0.05, 0.1) is 18.3 Å². The summed E-state index contributed by atoms with van der Waals surface area (Å²) in [7, 11) is 0. The van der Waals surface area contributed by atoms with Crippen LogP contribution in [-0.2, 0) is 6.54 Å². The summed E-state index contributed by atoms with van der Waals surface area (Å²) >= 11 is 0. The van der Waals surface area contributed by atoms with E-state index in [9.17, 15) is 13.2 Å². The Labute approximate surface area is 120 Å². The normalized spacial score (nSPS) is 15.6. The Bertz CT molecular complexity index is 610. The molecule has 3 nitrogen and oxygen atoms in total. The summed E-state index contributed by atoms with van der Waals surface area (Å²) in [6.07, 6.45) is 6.56. The van der Waals surface area contributed by atoms with Crippen LogP contribution in [0.25, 0.3) is 0 Å². The van der Waals surface area contributed by atoms with Gasteiger partial charge in [-0.1, -0.05) is 12.8 Å². The van der Waals surface area contributed by atoms with Crippen molar-refractivity contribution < 1.29 is 13.2 Å². The highest BCUT2D eigenvalue weighted by atomic mass is 19.1. The van der Waals surface area contributed by atoms with E-state index < -0.39 is 17.5 Å². The quantitative estimate of drug-likeness (QED) is 0.923. The van der Waals surface area contributed by atoms with E-state index in [0.717, 1.165) is 12.8 Å². The van der Waals surface area contributed by atoms with Crippen LogP contribution < -0.4 is 5.32 Å². The summed E-state index contributed by atoms with van der Waals surface area (Å²) in [6, 6.07) is 3.56. The first-order valence-corrected chi connectivity index (χ1v) is 7.06. The number of benzene rings is 1.